The molecule has 0 radical (unpaired) electrons. The third kappa shape index (κ3) is 5.19. The Balaban J connectivity index is 2.21. The van der Waals surface area contributed by atoms with E-state index >= 15 is 0 Å². The molecule has 1 atom stereocenters. The van der Waals surface area contributed by atoms with Gasteiger partial charge in [0.1, 0.15) is 0 Å². The van der Waals surface area contributed by atoms with Gasteiger partial charge in [0, 0.05) is 38.8 Å². The van der Waals surface area contributed by atoms with Gasteiger partial charge in [-0.3, -0.25) is 9.80 Å². The number of piperazine rings is 1. The summed E-state index contributed by atoms with van der Waals surface area (Å²) >= 11 is 0. The summed E-state index contributed by atoms with van der Waals surface area (Å²) in [4.78, 5) is 5.08. The lowest BCUT2D eigenvalue weighted by Crippen LogP contribution is -2.52. The zero-order valence-corrected chi connectivity index (χ0v) is 11.8. The van der Waals surface area contributed by atoms with Crippen LogP contribution in [0.3, 0.4) is 0 Å². The molecule has 0 aromatic rings. The van der Waals surface area contributed by atoms with Crippen LogP contribution >= 0.6 is 0 Å². The molecule has 1 N–H and O–H groups in total. The lowest BCUT2D eigenvalue weighted by atomic mass is 10.1. The number of rotatable bonds is 7. The van der Waals surface area contributed by atoms with Crippen molar-refractivity contribution in [3.05, 3.63) is 12.2 Å². The number of likely N-dealkylation sites (N-methyl/N-ethyl adjacent to an activating group) is 1. The first kappa shape index (κ1) is 14.7. The maximum absolute atomic E-state index is 4.17. The van der Waals surface area contributed by atoms with E-state index in [2.05, 4.69) is 42.5 Å². The Bertz CT molecular complexity index is 228. The van der Waals surface area contributed by atoms with Crippen molar-refractivity contribution in [1.82, 2.24) is 15.1 Å². The first-order valence-corrected chi connectivity index (χ1v) is 7.01. The molecule has 1 aliphatic heterocycles. The largest absolute Gasteiger partial charge is 0.313 e. The van der Waals surface area contributed by atoms with Gasteiger partial charge >= 0.3 is 0 Å². The van der Waals surface area contributed by atoms with Crippen LogP contribution in [0.1, 0.15) is 27.2 Å². The van der Waals surface area contributed by atoms with Crippen LogP contribution in [-0.4, -0.2) is 61.7 Å². The molecule has 0 spiro atoms. The summed E-state index contributed by atoms with van der Waals surface area (Å²) in [5.41, 5.74) is 1.32. The quantitative estimate of drug-likeness (QED) is 0.537. The highest BCUT2D eigenvalue weighted by atomic mass is 15.3. The van der Waals surface area contributed by atoms with Crippen LogP contribution in [0.5, 0.6) is 0 Å². The van der Waals surface area contributed by atoms with Crippen LogP contribution in [0.15, 0.2) is 12.2 Å². The normalized spacial score (nSPS) is 22.9. The molecule has 1 fully saturated rings. The van der Waals surface area contributed by atoms with E-state index in [0.29, 0.717) is 6.04 Å². The first-order chi connectivity index (χ1) is 8.17. The Morgan fingerprint density at radius 2 is 2.12 bits per heavy atom. The summed E-state index contributed by atoms with van der Waals surface area (Å²) in [6, 6.07) is 0.685. The molecular weight excluding hydrogens is 210 g/mol. The maximum Gasteiger partial charge on any atom is 0.0204 e. The van der Waals surface area contributed by atoms with E-state index in [4.69, 9.17) is 0 Å². The molecule has 3 nitrogen and oxygen atoms in total. The van der Waals surface area contributed by atoms with Crippen LogP contribution in [0.25, 0.3) is 0 Å². The molecule has 0 aliphatic carbocycles. The Labute approximate surface area is 107 Å². The monoisotopic (exact) mass is 239 g/mol. The minimum absolute atomic E-state index is 0.685. The van der Waals surface area contributed by atoms with Crippen LogP contribution in [0, 0.1) is 0 Å². The van der Waals surface area contributed by atoms with Gasteiger partial charge in [0.05, 0.1) is 0 Å². The predicted molar refractivity (Wildman–Crippen MR) is 75.4 cm³/mol. The second-order valence-corrected chi connectivity index (χ2v) is 5.14. The third-order valence-electron chi connectivity index (χ3n) is 3.50. The molecule has 3 heteroatoms. The Morgan fingerprint density at radius 1 is 1.35 bits per heavy atom. The van der Waals surface area contributed by atoms with E-state index in [-0.39, 0.29) is 0 Å². The van der Waals surface area contributed by atoms with E-state index < -0.39 is 0 Å². The highest BCUT2D eigenvalue weighted by Gasteiger charge is 2.22. The number of hydrogen-bond acceptors (Lipinski definition) is 3. The molecule has 0 bridgehead atoms. The van der Waals surface area contributed by atoms with Gasteiger partial charge < -0.3 is 5.32 Å². The second-order valence-electron chi connectivity index (χ2n) is 5.14. The van der Waals surface area contributed by atoms with Crippen LogP contribution in [-0.2, 0) is 0 Å². The zero-order chi connectivity index (χ0) is 12.7. The number of hydrogen-bond donors (Lipinski definition) is 1. The van der Waals surface area contributed by atoms with Crippen molar-refractivity contribution in [2.24, 2.45) is 0 Å². The second kappa shape index (κ2) is 7.85. The SMILES string of the molecule is C=C(CNCCC)CN1CCN(CC)C(C)C1. The topological polar surface area (TPSA) is 18.5 Å². The van der Waals surface area contributed by atoms with Crippen molar-refractivity contribution >= 4 is 0 Å². The number of nitrogens with one attached hydrogen (secondary N) is 1. The number of nitrogens with zero attached hydrogens (tertiary/aromatic N) is 2. The molecule has 1 heterocycles. The molecular formula is C14H29N3. The van der Waals surface area contributed by atoms with Crippen molar-refractivity contribution < 1.29 is 0 Å². The molecule has 0 aromatic heterocycles. The van der Waals surface area contributed by atoms with E-state index in [1.807, 2.05) is 0 Å². The summed E-state index contributed by atoms with van der Waals surface area (Å²) < 4.78 is 0. The molecule has 0 amide bonds. The first-order valence-electron chi connectivity index (χ1n) is 7.01. The van der Waals surface area contributed by atoms with Gasteiger partial charge in [-0.05, 0) is 32.0 Å². The fourth-order valence-electron chi connectivity index (χ4n) is 2.50. The molecule has 1 aliphatic rings. The van der Waals surface area contributed by atoms with Crippen molar-refractivity contribution in [1.29, 1.82) is 0 Å². The Hall–Kier alpha value is -0.380. The van der Waals surface area contributed by atoms with Crippen LogP contribution in [0.4, 0.5) is 0 Å². The summed E-state index contributed by atoms with van der Waals surface area (Å²) in [5.74, 6) is 0. The van der Waals surface area contributed by atoms with Gasteiger partial charge in [-0.2, -0.15) is 0 Å². The molecule has 1 rings (SSSR count). The highest BCUT2D eigenvalue weighted by molar-refractivity contribution is 5.00. The Morgan fingerprint density at radius 3 is 2.71 bits per heavy atom. The molecule has 1 saturated heterocycles. The standard InChI is InChI=1S/C14H29N3/c1-5-7-15-10-13(3)11-16-8-9-17(6-2)14(4)12-16/h14-15H,3,5-12H2,1-2,4H3. The van der Waals surface area contributed by atoms with Crippen molar-refractivity contribution in [3.63, 3.8) is 0 Å². The maximum atomic E-state index is 4.17. The van der Waals surface area contributed by atoms with E-state index in [1.54, 1.807) is 0 Å². The summed E-state index contributed by atoms with van der Waals surface area (Å²) in [6.45, 7) is 18.8. The zero-order valence-electron chi connectivity index (χ0n) is 11.8. The van der Waals surface area contributed by atoms with Gasteiger partial charge in [-0.15, -0.1) is 0 Å². The molecule has 1 unspecified atom stereocenters. The van der Waals surface area contributed by atoms with Crippen molar-refractivity contribution in [2.45, 2.75) is 33.2 Å². The van der Waals surface area contributed by atoms with Gasteiger partial charge in [-0.1, -0.05) is 20.4 Å². The minimum atomic E-state index is 0.685. The van der Waals surface area contributed by atoms with Gasteiger partial charge in [0.25, 0.3) is 0 Å². The molecule has 17 heavy (non-hydrogen) atoms. The van der Waals surface area contributed by atoms with Crippen molar-refractivity contribution in [3.8, 4) is 0 Å². The summed E-state index contributed by atoms with van der Waals surface area (Å²) in [6.07, 6.45) is 1.19. The van der Waals surface area contributed by atoms with Gasteiger partial charge in [0.2, 0.25) is 0 Å². The van der Waals surface area contributed by atoms with Gasteiger partial charge in [0.15, 0.2) is 0 Å². The average molecular weight is 239 g/mol. The fourth-order valence-corrected chi connectivity index (χ4v) is 2.50. The van der Waals surface area contributed by atoms with E-state index in [1.165, 1.54) is 38.2 Å². The summed E-state index contributed by atoms with van der Waals surface area (Å²) in [5, 5.41) is 3.42. The van der Waals surface area contributed by atoms with Crippen LogP contribution in [0.2, 0.25) is 0 Å². The van der Waals surface area contributed by atoms with Crippen molar-refractivity contribution in [2.75, 3.05) is 45.8 Å². The lowest BCUT2D eigenvalue weighted by molar-refractivity contribution is 0.0941. The molecule has 0 aromatic carbocycles. The van der Waals surface area contributed by atoms with E-state index in [0.717, 1.165) is 19.6 Å². The summed E-state index contributed by atoms with van der Waals surface area (Å²) in [7, 11) is 0. The molecule has 0 saturated carbocycles. The average Bonchev–Trinajstić information content (AvgIpc) is 2.29. The van der Waals surface area contributed by atoms with E-state index in [9.17, 15) is 0 Å². The highest BCUT2D eigenvalue weighted by Crippen LogP contribution is 2.09. The fraction of sp³-hybridized carbons (Fsp3) is 0.857. The predicted octanol–water partition coefficient (Wildman–Crippen LogP) is 1.57. The lowest BCUT2D eigenvalue weighted by Gasteiger charge is -2.39. The third-order valence-corrected chi connectivity index (χ3v) is 3.50. The Kier molecular flexibility index (Phi) is 6.78. The van der Waals surface area contributed by atoms with Gasteiger partial charge in [-0.25, -0.2) is 0 Å². The molecule has 100 valence electrons. The minimum Gasteiger partial charge on any atom is -0.313 e. The van der Waals surface area contributed by atoms with Crippen LogP contribution < -0.4 is 5.32 Å². The smallest absolute Gasteiger partial charge is 0.0204 e.